The van der Waals surface area contributed by atoms with E-state index in [0.717, 1.165) is 6.08 Å². The van der Waals surface area contributed by atoms with Crippen molar-refractivity contribution in [3.63, 3.8) is 0 Å². The second-order valence-corrected chi connectivity index (χ2v) is 2.31. The highest BCUT2D eigenvalue weighted by atomic mass is 16.5. The lowest BCUT2D eigenvalue weighted by Crippen LogP contribution is -2.29. The van der Waals surface area contributed by atoms with Gasteiger partial charge >= 0.3 is 5.97 Å². The van der Waals surface area contributed by atoms with E-state index in [9.17, 15) is 4.79 Å². The minimum atomic E-state index is -2.36. The minimum absolute atomic E-state index is 0.124. The fourth-order valence-electron chi connectivity index (χ4n) is 0.437. The van der Waals surface area contributed by atoms with Gasteiger partial charge in [0.1, 0.15) is 6.26 Å². The summed E-state index contributed by atoms with van der Waals surface area (Å²) in [7, 11) is 0. The van der Waals surface area contributed by atoms with E-state index in [2.05, 4.69) is 11.3 Å². The summed E-state index contributed by atoms with van der Waals surface area (Å²) in [6.07, 6.45) is 1.32. The molecule has 74 valence electrons. The maximum absolute atomic E-state index is 10.5. The smallest absolute Gasteiger partial charge is 0.335 e. The zero-order valence-corrected chi connectivity index (χ0v) is 7.23. The molecule has 0 fully saturated rings. The second kappa shape index (κ2) is 4.64. The van der Waals surface area contributed by atoms with E-state index in [1.54, 1.807) is 0 Å². The number of aliphatic hydroxyl groups excluding tert-OH is 1. The van der Waals surface area contributed by atoms with E-state index >= 15 is 0 Å². The van der Waals surface area contributed by atoms with Crippen LogP contribution in [0.4, 0.5) is 0 Å². The largest absolute Gasteiger partial charge is 0.505 e. The van der Waals surface area contributed by atoms with Gasteiger partial charge in [0.15, 0.2) is 5.76 Å². The summed E-state index contributed by atoms with van der Waals surface area (Å²) in [5, 5.41) is 27.0. The fourth-order valence-corrected chi connectivity index (χ4v) is 0.437. The number of rotatable bonds is 4. The lowest BCUT2D eigenvalue weighted by molar-refractivity contribution is -0.156. The number of aliphatic hydroxyl groups is 3. The molecule has 5 nitrogen and oxygen atoms in total. The third-order valence-corrected chi connectivity index (χ3v) is 1.36. The number of esters is 1. The van der Waals surface area contributed by atoms with E-state index in [-0.39, 0.29) is 6.42 Å². The van der Waals surface area contributed by atoms with Crippen molar-refractivity contribution in [1.82, 2.24) is 0 Å². The van der Waals surface area contributed by atoms with E-state index < -0.39 is 17.5 Å². The van der Waals surface area contributed by atoms with Crippen LogP contribution in [0, 0.1) is 0 Å². The molecule has 5 heteroatoms. The van der Waals surface area contributed by atoms with Crippen molar-refractivity contribution >= 4 is 5.97 Å². The summed E-state index contributed by atoms with van der Waals surface area (Å²) >= 11 is 0. The quantitative estimate of drug-likeness (QED) is 0.254. The van der Waals surface area contributed by atoms with Gasteiger partial charge in [-0.05, 0) is 0 Å². The van der Waals surface area contributed by atoms with Crippen molar-refractivity contribution in [2.45, 2.75) is 19.1 Å². The van der Waals surface area contributed by atoms with E-state index in [1.165, 1.54) is 6.92 Å². The van der Waals surface area contributed by atoms with Crippen LogP contribution in [0.5, 0.6) is 0 Å². The van der Waals surface area contributed by atoms with Crippen LogP contribution < -0.4 is 0 Å². The molecule has 0 aromatic carbocycles. The van der Waals surface area contributed by atoms with Crippen LogP contribution in [-0.4, -0.2) is 27.1 Å². The monoisotopic (exact) mass is 188 g/mol. The molecule has 0 aromatic heterocycles. The van der Waals surface area contributed by atoms with Gasteiger partial charge in [0.05, 0.1) is 0 Å². The van der Waals surface area contributed by atoms with E-state index in [1.807, 2.05) is 0 Å². The molecule has 0 bridgehead atoms. The Kier molecular flexibility index (Phi) is 4.16. The van der Waals surface area contributed by atoms with Gasteiger partial charge in [0.2, 0.25) is 5.79 Å². The molecule has 0 rings (SSSR count). The molecule has 0 atom stereocenters. The Morgan fingerprint density at radius 3 is 2.54 bits per heavy atom. The number of hydrogen-bond acceptors (Lipinski definition) is 5. The molecule has 3 N–H and O–H groups in total. The van der Waals surface area contributed by atoms with Crippen molar-refractivity contribution in [3.8, 4) is 0 Å². The van der Waals surface area contributed by atoms with Crippen LogP contribution in [0.25, 0.3) is 0 Å². The van der Waals surface area contributed by atoms with Gasteiger partial charge < -0.3 is 20.1 Å². The molecule has 0 radical (unpaired) electrons. The maximum atomic E-state index is 10.5. The number of hydrogen-bond donors (Lipinski definition) is 3. The summed E-state index contributed by atoms with van der Waals surface area (Å²) in [5.74, 6) is -3.98. The third-order valence-electron chi connectivity index (χ3n) is 1.36. The summed E-state index contributed by atoms with van der Waals surface area (Å²) in [6.45, 7) is 4.55. The average molecular weight is 188 g/mol. The number of ether oxygens (including phenoxy) is 1. The van der Waals surface area contributed by atoms with Crippen LogP contribution in [0.15, 0.2) is 24.7 Å². The summed E-state index contributed by atoms with van der Waals surface area (Å²) in [6, 6.07) is 0. The van der Waals surface area contributed by atoms with Gasteiger partial charge in [-0.3, -0.25) is 0 Å². The molecular weight excluding hydrogens is 176 g/mol. The highest BCUT2D eigenvalue weighted by Crippen LogP contribution is 2.14. The Bertz CT molecular complexity index is 229. The zero-order valence-electron chi connectivity index (χ0n) is 7.23. The highest BCUT2D eigenvalue weighted by molar-refractivity contribution is 5.81. The van der Waals surface area contributed by atoms with Gasteiger partial charge in [-0.2, -0.15) is 0 Å². The SMILES string of the molecule is C=CC(=O)O/C=C(\O)C(O)(O)CC. The molecule has 13 heavy (non-hydrogen) atoms. The zero-order chi connectivity index (χ0) is 10.5. The predicted octanol–water partition coefficient (Wildman–Crippen LogP) is 0.206. The lowest BCUT2D eigenvalue weighted by Gasteiger charge is -2.17. The molecule has 0 aliphatic heterocycles. The van der Waals surface area contributed by atoms with Gasteiger partial charge in [0.25, 0.3) is 0 Å². The average Bonchev–Trinajstić information content (AvgIpc) is 2.13. The van der Waals surface area contributed by atoms with Crippen molar-refractivity contribution in [2.24, 2.45) is 0 Å². The summed E-state index contributed by atoms with van der Waals surface area (Å²) in [4.78, 5) is 10.5. The van der Waals surface area contributed by atoms with Crippen LogP contribution in [0.2, 0.25) is 0 Å². The number of carbonyl (C=O) groups excluding carboxylic acids is 1. The van der Waals surface area contributed by atoms with Gasteiger partial charge in [0, 0.05) is 12.5 Å². The molecule has 0 spiro atoms. The molecule has 0 aromatic rings. The van der Waals surface area contributed by atoms with Crippen molar-refractivity contribution in [1.29, 1.82) is 0 Å². The van der Waals surface area contributed by atoms with Crippen LogP contribution in [-0.2, 0) is 9.53 Å². The van der Waals surface area contributed by atoms with Gasteiger partial charge in [-0.15, -0.1) is 0 Å². The van der Waals surface area contributed by atoms with Gasteiger partial charge in [-0.25, -0.2) is 4.79 Å². The predicted molar refractivity (Wildman–Crippen MR) is 44.5 cm³/mol. The minimum Gasteiger partial charge on any atom is -0.505 e. The Labute approximate surface area is 75.6 Å². The first kappa shape index (κ1) is 11.7. The molecule has 0 saturated carbocycles. The van der Waals surface area contributed by atoms with Crippen LogP contribution in [0.1, 0.15) is 13.3 Å². The molecule has 0 aliphatic rings. The van der Waals surface area contributed by atoms with E-state index in [0.29, 0.717) is 6.26 Å². The first-order valence-corrected chi connectivity index (χ1v) is 3.61. The Balaban J connectivity index is 4.32. The highest BCUT2D eigenvalue weighted by Gasteiger charge is 2.26. The molecule has 0 unspecified atom stereocenters. The third kappa shape index (κ3) is 3.73. The molecule has 0 aliphatic carbocycles. The second-order valence-electron chi connectivity index (χ2n) is 2.31. The Hall–Kier alpha value is -1.33. The maximum Gasteiger partial charge on any atom is 0.335 e. The van der Waals surface area contributed by atoms with Gasteiger partial charge in [-0.1, -0.05) is 13.5 Å². The molecular formula is C8H12O5. The van der Waals surface area contributed by atoms with Crippen molar-refractivity contribution in [3.05, 3.63) is 24.7 Å². The normalized spacial score (nSPS) is 12.4. The molecule has 0 saturated heterocycles. The first-order chi connectivity index (χ1) is 5.94. The summed E-state index contributed by atoms with van der Waals surface area (Å²) in [5.41, 5.74) is 0. The number of carbonyl (C=O) groups is 1. The molecule has 0 amide bonds. The van der Waals surface area contributed by atoms with Crippen LogP contribution in [0.3, 0.4) is 0 Å². The standard InChI is InChI=1S/C8H12O5/c1-3-7(10)13-5-6(9)8(11,12)4-2/h3,5,9,11-12H,1,4H2,2H3/b6-5-. The molecule has 0 heterocycles. The Morgan fingerprint density at radius 1 is 1.62 bits per heavy atom. The van der Waals surface area contributed by atoms with Crippen molar-refractivity contribution < 1.29 is 24.9 Å². The summed E-state index contributed by atoms with van der Waals surface area (Å²) < 4.78 is 4.25. The van der Waals surface area contributed by atoms with Crippen molar-refractivity contribution in [2.75, 3.05) is 0 Å². The van der Waals surface area contributed by atoms with E-state index in [4.69, 9.17) is 15.3 Å². The Morgan fingerprint density at radius 2 is 2.15 bits per heavy atom. The van der Waals surface area contributed by atoms with Crippen LogP contribution >= 0.6 is 0 Å². The first-order valence-electron chi connectivity index (χ1n) is 3.61. The fraction of sp³-hybridized carbons (Fsp3) is 0.375. The lowest BCUT2D eigenvalue weighted by atomic mass is 10.2. The topological polar surface area (TPSA) is 87.0 Å².